The molecule has 135 heavy (non-hydrogen) atoms. The van der Waals surface area contributed by atoms with Crippen molar-refractivity contribution < 1.29 is 229 Å². The summed E-state index contributed by atoms with van der Waals surface area (Å²) >= 11 is 0. The SMILES string of the molecule is Cn1c2cc[c-]cc2c2c[c-]c3ccccc3c21.Cn1c2ccccc2c2c[c-]c3cc(-c4ccc(-c5ccccc5)cc4)ccc3c21.Cn1c2ccccc2c2c[c-]c3cc(-c4ccc5ccccc5c4)ccc3c21.Cn1c2ccccc2c2c[c-]c3cc(-c4cccc5ccccc45)ccc3c21.Cn1c2ccccc2c2c[c-]c3cc(-c4ccccc4)ccc3c21.[Y].[Y].[Y].[Y].[Y].[Y].[Y]. The molecule has 627 valence electrons. The third-order valence-electron chi connectivity index (χ3n) is 26.4. The minimum Gasteiger partial charge on any atom is -0.384 e. The normalized spacial score (nSPS) is 11.0. The molecule has 0 amide bonds. The molecule has 22 aromatic carbocycles. The van der Waals surface area contributed by atoms with Gasteiger partial charge in [-0.25, -0.2) is 0 Å². The summed E-state index contributed by atoms with van der Waals surface area (Å²) < 4.78 is 11.5. The number of fused-ring (bicyclic) bond motifs is 27. The Balaban J connectivity index is 0.000000122. The molecule has 0 unspecified atom stereocenters. The molecule has 0 saturated heterocycles. The summed E-state index contributed by atoms with van der Waals surface area (Å²) in [5.41, 5.74) is 25.1. The zero-order valence-corrected chi connectivity index (χ0v) is 95.4. The number of rotatable bonds is 5. The maximum Gasteiger partial charge on any atom is 0.0381 e. The third-order valence-corrected chi connectivity index (χ3v) is 26.4. The van der Waals surface area contributed by atoms with E-state index in [0.717, 1.165) is 21.5 Å². The van der Waals surface area contributed by atoms with Gasteiger partial charge in [-0.3, -0.25) is 0 Å². The van der Waals surface area contributed by atoms with E-state index in [4.69, 9.17) is 0 Å². The number of hydrogen-bond donors (Lipinski definition) is 0. The van der Waals surface area contributed by atoms with E-state index >= 15 is 0 Å². The van der Waals surface area contributed by atoms with Gasteiger partial charge in [0.2, 0.25) is 0 Å². The van der Waals surface area contributed by atoms with Crippen LogP contribution in [-0.2, 0) is 264 Å². The van der Waals surface area contributed by atoms with Crippen molar-refractivity contribution in [2.24, 2.45) is 35.2 Å². The first-order chi connectivity index (χ1) is 63.1. The predicted octanol–water partition coefficient (Wildman–Crippen LogP) is 31.8. The molecule has 0 atom stereocenters. The number of hydrogen-bond acceptors (Lipinski definition) is 0. The topological polar surface area (TPSA) is 24.6 Å². The van der Waals surface area contributed by atoms with Gasteiger partial charge in [-0.2, -0.15) is 18.2 Å². The average Bonchev–Trinajstić information content (AvgIpc) is 1.62. The second-order valence-electron chi connectivity index (χ2n) is 33.5. The first-order valence-corrected chi connectivity index (χ1v) is 43.7. The van der Waals surface area contributed by atoms with Gasteiger partial charge in [-0.1, -0.05) is 373 Å². The summed E-state index contributed by atoms with van der Waals surface area (Å²) in [4.78, 5) is 0. The van der Waals surface area contributed by atoms with E-state index < -0.39 is 0 Å². The van der Waals surface area contributed by atoms with Gasteiger partial charge in [0.15, 0.2) is 0 Å². The van der Waals surface area contributed by atoms with E-state index in [1.54, 1.807) is 0 Å². The van der Waals surface area contributed by atoms with Crippen LogP contribution in [0.15, 0.2) is 413 Å². The average molecular weight is 2250 g/mol. The molecule has 0 aliphatic rings. The van der Waals surface area contributed by atoms with Crippen LogP contribution in [0.4, 0.5) is 0 Å². The molecule has 5 aromatic heterocycles. The van der Waals surface area contributed by atoms with Crippen LogP contribution in [0.1, 0.15) is 0 Å². The van der Waals surface area contributed by atoms with Gasteiger partial charge in [0.1, 0.15) is 0 Å². The Bertz CT molecular complexity index is 9090. The van der Waals surface area contributed by atoms with Crippen LogP contribution >= 0.6 is 0 Å². The number of benzene rings is 22. The van der Waals surface area contributed by atoms with Crippen LogP contribution in [0.3, 0.4) is 0 Å². The Kier molecular flexibility index (Phi) is 31.7. The van der Waals surface area contributed by atoms with E-state index in [9.17, 15) is 0 Å². The van der Waals surface area contributed by atoms with Gasteiger partial charge in [0.25, 0.3) is 0 Å². The Morgan fingerprint density at radius 3 is 0.874 bits per heavy atom. The van der Waals surface area contributed by atoms with E-state index in [0.29, 0.717) is 0 Å². The number of aromatic nitrogens is 5. The number of para-hydroxylation sites is 4. The molecule has 0 saturated carbocycles. The van der Waals surface area contributed by atoms with Crippen LogP contribution in [0, 0.1) is 36.4 Å². The Labute approximate surface area is 961 Å². The summed E-state index contributed by atoms with van der Waals surface area (Å²) in [6.45, 7) is 0. The molecule has 27 rings (SSSR count). The summed E-state index contributed by atoms with van der Waals surface area (Å²) in [6, 6.07) is 167. The largest absolute Gasteiger partial charge is 0.384 e. The Morgan fingerprint density at radius 1 is 0.163 bits per heavy atom. The molecule has 12 heteroatoms. The van der Waals surface area contributed by atoms with Crippen molar-refractivity contribution in [3.8, 4) is 55.6 Å². The van der Waals surface area contributed by atoms with Crippen molar-refractivity contribution in [2.45, 2.75) is 0 Å². The van der Waals surface area contributed by atoms with Crippen molar-refractivity contribution >= 4 is 184 Å². The van der Waals surface area contributed by atoms with Crippen molar-refractivity contribution in [3.63, 3.8) is 0 Å². The molecule has 27 aromatic rings. The maximum atomic E-state index is 3.54. The molecule has 7 radical (unpaired) electrons. The molecule has 5 nitrogen and oxygen atoms in total. The van der Waals surface area contributed by atoms with Crippen LogP contribution in [-0.4, -0.2) is 22.8 Å². The fourth-order valence-electron chi connectivity index (χ4n) is 20.1. The second-order valence-corrected chi connectivity index (χ2v) is 33.5. The predicted molar refractivity (Wildman–Crippen MR) is 545 cm³/mol. The fourth-order valence-corrected chi connectivity index (χ4v) is 20.1. The van der Waals surface area contributed by atoms with Crippen LogP contribution in [0.25, 0.3) is 240 Å². The van der Waals surface area contributed by atoms with Gasteiger partial charge >= 0.3 is 0 Å². The first kappa shape index (κ1) is 99.4. The van der Waals surface area contributed by atoms with Crippen LogP contribution < -0.4 is 0 Å². The van der Waals surface area contributed by atoms with Crippen molar-refractivity contribution in [3.05, 3.63) is 449 Å². The molecular formula is C123H83N5Y7-6. The molecule has 0 aliphatic heterocycles. The standard InChI is InChI=1S/C29H20N.2C27H18N.C23H16N.C17H11N.7Y/c1-30-28-10-6-5-9-26(28)27-18-16-24-19-23(15-17-25(24)29(27)30)22-13-11-21(12-14-22)20-7-3-2-4-8-20;1-28-26-12-5-4-10-24(26)25-16-14-20-17-19(13-15-23(20)27(25)28)22-11-6-8-18-7-2-3-9-21(18)22;1-28-26-9-5-4-8-24(26)25-15-13-22-17-21(12-14-23(22)27(25)28)20-11-10-18-6-2-3-7-19(18)16-20;1-24-22-10-6-5-9-20(22)21-14-12-18-15-17(11-13-19(18)23(21)24)16-7-3-2-4-8-16;1-18-16-9-5-4-8-14(16)15-11-10-12-6-2-3-7-13(12)17(15)18;;;;;;;/h2-15,17-19H,1H3;2-13,15-17H,1H3;2-12,14-17H,1H3;2-11,13-15H,1H3;2-3,5-9,11H,1H3;;;;;;;/q4*-1;-2;;;;;;;. The number of nitrogens with zero attached hydrogens (tertiary/aromatic N) is 5. The quantitative estimate of drug-likeness (QED) is 0.153. The summed E-state index contributed by atoms with van der Waals surface area (Å²) in [5.74, 6) is 0. The summed E-state index contributed by atoms with van der Waals surface area (Å²) in [7, 11) is 10.7. The van der Waals surface area contributed by atoms with E-state index in [-0.39, 0.29) is 229 Å². The Morgan fingerprint density at radius 2 is 0.437 bits per heavy atom. The van der Waals surface area contributed by atoms with Crippen molar-refractivity contribution in [1.29, 1.82) is 0 Å². The molecule has 0 fully saturated rings. The smallest absolute Gasteiger partial charge is 0.0381 e. The molecular weight excluding hydrogens is 2170 g/mol. The number of aryl methyl sites for hydroxylation is 5. The van der Waals surface area contributed by atoms with Crippen LogP contribution in [0.2, 0.25) is 0 Å². The summed E-state index contributed by atoms with van der Waals surface area (Å²) in [5, 5.41) is 29.9. The molecule has 0 bridgehead atoms. The molecule has 0 aliphatic carbocycles. The van der Waals surface area contributed by atoms with E-state index in [1.807, 2.05) is 6.07 Å². The second kappa shape index (κ2) is 43.0. The van der Waals surface area contributed by atoms with Gasteiger partial charge in [-0.15, -0.1) is 141 Å². The fraction of sp³-hybridized carbons (Fsp3) is 0.0407. The van der Waals surface area contributed by atoms with Gasteiger partial charge in [0, 0.05) is 286 Å². The van der Waals surface area contributed by atoms with E-state index in [2.05, 4.69) is 501 Å². The minimum absolute atomic E-state index is 0. The molecule has 0 spiro atoms. The molecule has 0 N–H and O–H groups in total. The minimum atomic E-state index is 0. The van der Waals surface area contributed by atoms with Gasteiger partial charge in [-0.05, 0) is 134 Å². The van der Waals surface area contributed by atoms with Gasteiger partial charge < -0.3 is 22.8 Å². The first-order valence-electron chi connectivity index (χ1n) is 43.7. The maximum absolute atomic E-state index is 3.54. The molecule has 5 heterocycles. The zero-order valence-electron chi connectivity index (χ0n) is 75.5. The third kappa shape index (κ3) is 18.5. The Hall–Kier alpha value is -8.61. The van der Waals surface area contributed by atoms with E-state index in [1.165, 1.54) is 219 Å². The van der Waals surface area contributed by atoms with Gasteiger partial charge in [0.05, 0.1) is 0 Å². The monoisotopic (exact) mass is 2250 g/mol. The summed E-state index contributed by atoms with van der Waals surface area (Å²) in [6.07, 6.45) is 0. The van der Waals surface area contributed by atoms with Crippen molar-refractivity contribution in [1.82, 2.24) is 22.8 Å². The zero-order chi connectivity index (χ0) is 85.6. The van der Waals surface area contributed by atoms with Crippen molar-refractivity contribution in [2.75, 3.05) is 0 Å². The van der Waals surface area contributed by atoms with Crippen LogP contribution in [0.5, 0.6) is 0 Å².